The minimum atomic E-state index is -0.647. The van der Waals surface area contributed by atoms with Crippen molar-refractivity contribution < 1.29 is 23.9 Å². The van der Waals surface area contributed by atoms with E-state index in [2.05, 4.69) is 5.32 Å². The number of halogens is 1. The zero-order valence-corrected chi connectivity index (χ0v) is 16.2. The number of hydrogen-bond acceptors (Lipinski definition) is 5. The molecule has 1 aromatic carbocycles. The second-order valence-electron chi connectivity index (χ2n) is 6.86. The van der Waals surface area contributed by atoms with E-state index in [9.17, 15) is 19.2 Å². The Morgan fingerprint density at radius 1 is 1.18 bits per heavy atom. The molecule has 0 saturated carbocycles. The van der Waals surface area contributed by atoms with Gasteiger partial charge in [-0.15, -0.1) is 0 Å². The Morgan fingerprint density at radius 3 is 2.46 bits per heavy atom. The second-order valence-corrected chi connectivity index (χ2v) is 7.26. The highest BCUT2D eigenvalue weighted by atomic mass is 35.5. The van der Waals surface area contributed by atoms with E-state index in [1.807, 2.05) is 12.2 Å². The van der Waals surface area contributed by atoms with Gasteiger partial charge in [0.25, 0.3) is 5.91 Å². The average molecular weight is 405 g/mol. The lowest BCUT2D eigenvalue weighted by Gasteiger charge is -2.14. The third kappa shape index (κ3) is 4.25. The van der Waals surface area contributed by atoms with Crippen LogP contribution in [0.2, 0.25) is 5.02 Å². The number of hydrogen-bond donors (Lipinski definition) is 1. The molecule has 0 spiro atoms. The number of fused-ring (bicyclic) bond motifs is 1. The SMILES string of the molecule is Cc1c(Cl)cccc1NC(=O)COC(=O)CCN1C(=O)[C@H]2CC=CC[C@@H]2C1=O. The summed E-state index contributed by atoms with van der Waals surface area (Å²) in [6.45, 7) is 1.28. The summed E-state index contributed by atoms with van der Waals surface area (Å²) in [4.78, 5) is 49.7. The Balaban J connectivity index is 1.45. The Morgan fingerprint density at radius 2 is 1.82 bits per heavy atom. The number of ether oxygens (including phenoxy) is 1. The highest BCUT2D eigenvalue weighted by molar-refractivity contribution is 6.31. The van der Waals surface area contributed by atoms with Crippen molar-refractivity contribution in [3.8, 4) is 0 Å². The molecule has 1 heterocycles. The number of rotatable bonds is 6. The molecule has 1 saturated heterocycles. The van der Waals surface area contributed by atoms with Gasteiger partial charge in [0.05, 0.1) is 18.3 Å². The van der Waals surface area contributed by atoms with Crippen LogP contribution < -0.4 is 5.32 Å². The third-order valence-electron chi connectivity index (χ3n) is 5.04. The van der Waals surface area contributed by atoms with E-state index in [1.54, 1.807) is 25.1 Å². The molecule has 3 amide bonds. The standard InChI is InChI=1S/C20H21ClN2O5/c1-12-15(21)7-4-8-16(12)22-17(24)11-28-18(25)9-10-23-19(26)13-5-2-3-6-14(13)20(23)27/h2-4,7-8,13-14H,5-6,9-11H2,1H3,(H,22,24)/t13-,14-/m0/s1. The van der Waals surface area contributed by atoms with Crippen LogP contribution in [0.4, 0.5) is 5.69 Å². The van der Waals surface area contributed by atoms with Crippen molar-refractivity contribution >= 4 is 41.0 Å². The molecule has 1 N–H and O–H groups in total. The predicted molar refractivity (Wildman–Crippen MR) is 102 cm³/mol. The van der Waals surface area contributed by atoms with Crippen molar-refractivity contribution in [3.63, 3.8) is 0 Å². The number of amides is 3. The van der Waals surface area contributed by atoms with Gasteiger partial charge in [-0.3, -0.25) is 24.1 Å². The zero-order chi connectivity index (χ0) is 20.3. The molecule has 2 aliphatic rings. The Bertz CT molecular complexity index is 825. The molecule has 1 aliphatic carbocycles. The summed E-state index contributed by atoms with van der Waals surface area (Å²) in [6, 6.07) is 5.10. The molecular formula is C20H21ClN2O5. The molecule has 0 radical (unpaired) electrons. The van der Waals surface area contributed by atoms with Crippen LogP contribution in [0, 0.1) is 18.8 Å². The third-order valence-corrected chi connectivity index (χ3v) is 5.45. The number of benzene rings is 1. The smallest absolute Gasteiger partial charge is 0.308 e. The molecule has 2 atom stereocenters. The molecule has 28 heavy (non-hydrogen) atoms. The van der Waals surface area contributed by atoms with Crippen LogP contribution in [-0.4, -0.2) is 41.7 Å². The molecule has 3 rings (SSSR count). The van der Waals surface area contributed by atoms with Crippen molar-refractivity contribution in [2.75, 3.05) is 18.5 Å². The maximum absolute atomic E-state index is 12.3. The Kier molecular flexibility index (Phi) is 6.14. The van der Waals surface area contributed by atoms with Crippen molar-refractivity contribution in [3.05, 3.63) is 40.9 Å². The van der Waals surface area contributed by atoms with Gasteiger partial charge in [0.2, 0.25) is 11.8 Å². The molecule has 148 valence electrons. The quantitative estimate of drug-likeness (QED) is 0.446. The molecule has 1 aliphatic heterocycles. The van der Waals surface area contributed by atoms with E-state index >= 15 is 0 Å². The van der Waals surface area contributed by atoms with Crippen molar-refractivity contribution in [1.29, 1.82) is 0 Å². The van der Waals surface area contributed by atoms with Crippen LogP contribution in [0.25, 0.3) is 0 Å². The minimum absolute atomic E-state index is 0.0292. The molecule has 7 nitrogen and oxygen atoms in total. The summed E-state index contributed by atoms with van der Waals surface area (Å²) in [5, 5.41) is 3.14. The fraction of sp³-hybridized carbons (Fsp3) is 0.400. The van der Waals surface area contributed by atoms with Gasteiger partial charge in [0.1, 0.15) is 0 Å². The summed E-state index contributed by atoms with van der Waals surface area (Å²) in [5.41, 5.74) is 1.25. The first-order valence-electron chi connectivity index (χ1n) is 9.09. The fourth-order valence-electron chi connectivity index (χ4n) is 3.44. The topological polar surface area (TPSA) is 92.8 Å². The lowest BCUT2D eigenvalue weighted by Crippen LogP contribution is -2.33. The lowest BCUT2D eigenvalue weighted by atomic mass is 9.85. The second kappa shape index (κ2) is 8.56. The van der Waals surface area contributed by atoms with Gasteiger partial charge in [-0.05, 0) is 37.5 Å². The van der Waals surface area contributed by atoms with Crippen LogP contribution in [0.1, 0.15) is 24.8 Å². The highest BCUT2D eigenvalue weighted by Gasteiger charge is 2.46. The minimum Gasteiger partial charge on any atom is -0.456 e. The number of carbonyl (C=O) groups excluding carboxylic acids is 4. The lowest BCUT2D eigenvalue weighted by molar-refractivity contribution is -0.148. The van der Waals surface area contributed by atoms with E-state index < -0.39 is 18.5 Å². The summed E-state index contributed by atoms with van der Waals surface area (Å²) in [6.07, 6.45) is 4.78. The summed E-state index contributed by atoms with van der Waals surface area (Å²) >= 11 is 6.00. The van der Waals surface area contributed by atoms with E-state index in [1.165, 1.54) is 0 Å². The fourth-order valence-corrected chi connectivity index (χ4v) is 3.61. The van der Waals surface area contributed by atoms with E-state index in [4.69, 9.17) is 16.3 Å². The number of carbonyl (C=O) groups is 4. The highest BCUT2D eigenvalue weighted by Crippen LogP contribution is 2.35. The summed E-state index contributed by atoms with van der Waals surface area (Å²) < 4.78 is 4.95. The summed E-state index contributed by atoms with van der Waals surface area (Å²) in [5.74, 6) is -2.25. The number of nitrogens with one attached hydrogen (secondary N) is 1. The van der Waals surface area contributed by atoms with Gasteiger partial charge in [-0.2, -0.15) is 0 Å². The first kappa shape index (κ1) is 20.1. The van der Waals surface area contributed by atoms with Crippen LogP contribution in [0.5, 0.6) is 0 Å². The Labute approximate surface area is 167 Å². The molecule has 1 fully saturated rings. The van der Waals surface area contributed by atoms with Gasteiger partial charge in [0, 0.05) is 17.3 Å². The number of allylic oxidation sites excluding steroid dienone is 2. The molecule has 1 aromatic rings. The van der Waals surface area contributed by atoms with Crippen molar-refractivity contribution in [1.82, 2.24) is 4.90 Å². The molecule has 8 heteroatoms. The maximum atomic E-state index is 12.3. The Hall–Kier alpha value is -2.67. The first-order chi connectivity index (χ1) is 13.4. The monoisotopic (exact) mass is 404 g/mol. The van der Waals surface area contributed by atoms with Gasteiger partial charge < -0.3 is 10.1 Å². The van der Waals surface area contributed by atoms with Crippen LogP contribution in [-0.2, 0) is 23.9 Å². The maximum Gasteiger partial charge on any atom is 0.308 e. The largest absolute Gasteiger partial charge is 0.456 e. The average Bonchev–Trinajstić information content (AvgIpc) is 2.93. The van der Waals surface area contributed by atoms with Crippen LogP contribution >= 0.6 is 11.6 Å². The molecule has 0 aromatic heterocycles. The number of anilines is 1. The van der Waals surface area contributed by atoms with Gasteiger partial charge in [-0.1, -0.05) is 29.8 Å². The zero-order valence-electron chi connectivity index (χ0n) is 15.4. The number of nitrogens with zero attached hydrogens (tertiary/aromatic N) is 1. The normalized spacial score (nSPS) is 20.9. The van der Waals surface area contributed by atoms with Gasteiger partial charge in [0.15, 0.2) is 6.61 Å². The van der Waals surface area contributed by atoms with Gasteiger partial charge >= 0.3 is 5.97 Å². The predicted octanol–water partition coefficient (Wildman–Crippen LogP) is 2.47. The van der Waals surface area contributed by atoms with E-state index in [0.29, 0.717) is 29.1 Å². The molecule has 0 bridgehead atoms. The number of esters is 1. The van der Waals surface area contributed by atoms with E-state index in [0.717, 1.165) is 4.90 Å². The van der Waals surface area contributed by atoms with Crippen LogP contribution in [0.15, 0.2) is 30.4 Å². The molecule has 0 unspecified atom stereocenters. The summed E-state index contributed by atoms with van der Waals surface area (Å²) in [7, 11) is 0. The number of imide groups is 1. The van der Waals surface area contributed by atoms with Gasteiger partial charge in [-0.25, -0.2) is 0 Å². The molecular weight excluding hydrogens is 384 g/mol. The van der Waals surface area contributed by atoms with Crippen LogP contribution in [0.3, 0.4) is 0 Å². The van der Waals surface area contributed by atoms with Crippen molar-refractivity contribution in [2.24, 2.45) is 11.8 Å². The number of likely N-dealkylation sites (tertiary alicyclic amines) is 1. The van der Waals surface area contributed by atoms with Crippen molar-refractivity contribution in [2.45, 2.75) is 26.2 Å². The van der Waals surface area contributed by atoms with E-state index in [-0.39, 0.29) is 36.6 Å². The first-order valence-corrected chi connectivity index (χ1v) is 9.47.